The lowest BCUT2D eigenvalue weighted by Gasteiger charge is -2.60. The van der Waals surface area contributed by atoms with E-state index in [2.05, 4.69) is 0 Å². The van der Waals surface area contributed by atoms with E-state index in [1.165, 1.54) is 21.0 Å². The number of rotatable bonds is 27. The molecule has 0 aromatic heterocycles. The molecule has 0 spiro atoms. The van der Waals surface area contributed by atoms with Crippen LogP contribution in [0.5, 0.6) is 0 Å². The van der Waals surface area contributed by atoms with Gasteiger partial charge in [0.25, 0.3) is 0 Å². The number of halogens is 3. The Morgan fingerprint density at radius 1 is 0.688 bits per heavy atom. The van der Waals surface area contributed by atoms with Crippen LogP contribution in [0.3, 0.4) is 0 Å². The van der Waals surface area contributed by atoms with Gasteiger partial charge in [-0.1, -0.05) is 54.4 Å². The molecular formula is C34H69F3O10Si. The van der Waals surface area contributed by atoms with Crippen molar-refractivity contribution in [2.75, 3.05) is 33.5 Å². The van der Waals surface area contributed by atoms with Crippen LogP contribution in [-0.4, -0.2) is 88.9 Å². The average molecular weight is 723 g/mol. The molecule has 0 fully saturated rings. The van der Waals surface area contributed by atoms with Crippen molar-refractivity contribution in [2.45, 2.75) is 183 Å². The van der Waals surface area contributed by atoms with Gasteiger partial charge in [-0.25, -0.2) is 4.74 Å². The SMILES string of the molecule is CCCCOC(OCC(C)C)(OC(C)C)[Si](OC(CCC)OC)(C(C)(OC(C)CC)OC(C)(C)C)C(OCC)(OCCC)OC(F)(F)F. The molecule has 14 heteroatoms. The molecule has 290 valence electrons. The molecule has 0 aliphatic carbocycles. The Hall–Kier alpha value is -0.393. The standard InChI is InChI=1S/C34H69F3O10Si/c1-16-21-24-41-33(43-27(8)9,42-25-26(6)7)48(45-29(38-15)22-17-2,31(14,44-28(10)19-4)46-30(11,12)13)34(39-20-5,40-23-18-3)47-32(35,36)37/h26-29H,16-25H2,1-15H3. The molecule has 0 aromatic carbocycles. The van der Waals surface area contributed by atoms with Gasteiger partial charge in [0, 0.05) is 13.7 Å². The first kappa shape index (κ1) is 47.6. The van der Waals surface area contributed by atoms with Crippen molar-refractivity contribution in [3.63, 3.8) is 0 Å². The van der Waals surface area contributed by atoms with Crippen LogP contribution in [0.1, 0.15) is 135 Å². The van der Waals surface area contributed by atoms with Crippen molar-refractivity contribution in [3.05, 3.63) is 0 Å². The minimum Gasteiger partial charge on any atom is -0.374 e. The summed E-state index contributed by atoms with van der Waals surface area (Å²) >= 11 is 0. The van der Waals surface area contributed by atoms with Crippen LogP contribution in [0.15, 0.2) is 0 Å². The fourth-order valence-electron chi connectivity index (χ4n) is 5.17. The fraction of sp³-hybridized carbons (Fsp3) is 1.00. The summed E-state index contributed by atoms with van der Waals surface area (Å²) in [6, 6.07) is 0. The summed E-state index contributed by atoms with van der Waals surface area (Å²) in [5.41, 5.74) is -8.74. The van der Waals surface area contributed by atoms with Gasteiger partial charge in [-0.3, -0.25) is 0 Å². The summed E-state index contributed by atoms with van der Waals surface area (Å²) in [7, 11) is -3.98. The quantitative estimate of drug-likeness (QED) is 0.0465. The number of hydrogen-bond donors (Lipinski definition) is 0. The van der Waals surface area contributed by atoms with Gasteiger partial charge in [0.15, 0.2) is 5.41 Å². The van der Waals surface area contributed by atoms with Gasteiger partial charge >= 0.3 is 25.9 Å². The number of unbranched alkanes of at least 4 members (excludes halogenated alkanes) is 1. The Morgan fingerprint density at radius 2 is 1.29 bits per heavy atom. The highest BCUT2D eigenvalue weighted by atomic mass is 28.4. The molecule has 0 saturated carbocycles. The maximum Gasteiger partial charge on any atom is 0.526 e. The molecule has 0 aromatic rings. The Morgan fingerprint density at radius 3 is 1.71 bits per heavy atom. The van der Waals surface area contributed by atoms with E-state index in [-0.39, 0.29) is 38.8 Å². The number of ether oxygens (including phenoxy) is 9. The van der Waals surface area contributed by atoms with Crippen LogP contribution in [0.25, 0.3) is 0 Å². The third-order valence-electron chi connectivity index (χ3n) is 6.97. The van der Waals surface area contributed by atoms with E-state index in [1.807, 2.05) is 34.6 Å². The lowest BCUT2D eigenvalue weighted by Crippen LogP contribution is -2.89. The largest absolute Gasteiger partial charge is 0.526 e. The van der Waals surface area contributed by atoms with Gasteiger partial charge in [-0.05, 0) is 87.0 Å². The maximum atomic E-state index is 15.1. The number of alkyl halides is 3. The zero-order valence-electron chi connectivity index (χ0n) is 32.6. The van der Waals surface area contributed by atoms with Gasteiger partial charge in [0.2, 0.25) is 0 Å². The van der Waals surface area contributed by atoms with Gasteiger partial charge in [-0.2, -0.15) is 0 Å². The van der Waals surface area contributed by atoms with Gasteiger partial charge in [0.1, 0.15) is 6.29 Å². The summed E-state index contributed by atoms with van der Waals surface area (Å²) in [6.07, 6.45) is -4.92. The van der Waals surface area contributed by atoms with E-state index in [0.717, 1.165) is 0 Å². The van der Waals surface area contributed by atoms with Crippen molar-refractivity contribution >= 4 is 8.32 Å². The highest BCUT2D eigenvalue weighted by Crippen LogP contribution is 2.53. The van der Waals surface area contributed by atoms with E-state index >= 15 is 13.2 Å². The lowest BCUT2D eigenvalue weighted by molar-refractivity contribution is -0.478. The molecule has 48 heavy (non-hydrogen) atoms. The van der Waals surface area contributed by atoms with Crippen LogP contribution in [0.4, 0.5) is 13.2 Å². The van der Waals surface area contributed by atoms with E-state index in [9.17, 15) is 0 Å². The summed E-state index contributed by atoms with van der Waals surface area (Å²) in [5.74, 6) is -0.123. The van der Waals surface area contributed by atoms with Crippen molar-refractivity contribution in [1.82, 2.24) is 0 Å². The van der Waals surface area contributed by atoms with Gasteiger partial charge in [0.05, 0.1) is 37.6 Å². The Labute approximate surface area is 290 Å². The van der Waals surface area contributed by atoms with Crippen molar-refractivity contribution < 1.29 is 60.2 Å². The van der Waals surface area contributed by atoms with E-state index in [0.29, 0.717) is 32.1 Å². The molecule has 10 nitrogen and oxygen atoms in total. The predicted octanol–water partition coefficient (Wildman–Crippen LogP) is 8.91. The minimum atomic E-state index is -5.39. The second-order valence-electron chi connectivity index (χ2n) is 13.8. The second-order valence-corrected chi connectivity index (χ2v) is 17.5. The lowest BCUT2D eigenvalue weighted by atomic mass is 10.2. The molecule has 0 bridgehead atoms. The molecule has 6 unspecified atom stereocenters. The highest BCUT2D eigenvalue weighted by Gasteiger charge is 2.87. The summed E-state index contributed by atoms with van der Waals surface area (Å²) in [5, 5.41) is 0. The molecule has 0 N–H and O–H groups in total. The molecule has 0 saturated heterocycles. The summed E-state index contributed by atoms with van der Waals surface area (Å²) < 4.78 is 110. The monoisotopic (exact) mass is 722 g/mol. The minimum absolute atomic E-state index is 0.0146. The smallest absolute Gasteiger partial charge is 0.374 e. The average Bonchev–Trinajstić information content (AvgIpc) is 2.94. The highest BCUT2D eigenvalue weighted by molar-refractivity contribution is 6.80. The van der Waals surface area contributed by atoms with E-state index in [1.54, 1.807) is 48.5 Å². The van der Waals surface area contributed by atoms with Crippen LogP contribution in [0.2, 0.25) is 0 Å². The molecule has 6 atom stereocenters. The maximum absolute atomic E-state index is 15.1. The van der Waals surface area contributed by atoms with Crippen LogP contribution < -0.4 is 0 Å². The Bertz CT molecular complexity index is 862. The first-order valence-corrected chi connectivity index (χ1v) is 19.6. The van der Waals surface area contributed by atoms with Crippen molar-refractivity contribution in [2.24, 2.45) is 5.92 Å². The summed E-state index contributed by atoms with van der Waals surface area (Å²) in [6.45, 7) is 24.4. The topological polar surface area (TPSA) is 92.3 Å². The molecule has 0 amide bonds. The second kappa shape index (κ2) is 21.2. The normalized spacial score (nSPS) is 19.5. The van der Waals surface area contributed by atoms with Crippen LogP contribution in [-0.2, 0) is 47.1 Å². The van der Waals surface area contributed by atoms with Crippen LogP contribution >= 0.6 is 0 Å². The van der Waals surface area contributed by atoms with E-state index < -0.39 is 55.4 Å². The molecule has 0 rings (SSSR count). The first-order valence-electron chi connectivity index (χ1n) is 17.7. The zero-order chi connectivity index (χ0) is 37.5. The fourth-order valence-corrected chi connectivity index (χ4v) is 10.5. The molecule has 0 radical (unpaired) electrons. The first-order chi connectivity index (χ1) is 22.1. The third-order valence-corrected chi connectivity index (χ3v) is 11.6. The molecule has 0 aliphatic rings. The zero-order valence-corrected chi connectivity index (χ0v) is 33.6. The van der Waals surface area contributed by atoms with Crippen LogP contribution in [0, 0.1) is 5.92 Å². The summed E-state index contributed by atoms with van der Waals surface area (Å²) in [4.78, 5) is 0. The predicted molar refractivity (Wildman–Crippen MR) is 181 cm³/mol. The molecular weight excluding hydrogens is 653 g/mol. The van der Waals surface area contributed by atoms with Gasteiger partial charge in [-0.15, -0.1) is 13.2 Å². The van der Waals surface area contributed by atoms with Crippen molar-refractivity contribution in [3.8, 4) is 0 Å². The Kier molecular flexibility index (Phi) is 21.0. The van der Waals surface area contributed by atoms with Gasteiger partial charge < -0.3 is 42.3 Å². The Balaban J connectivity index is 9.25. The third kappa shape index (κ3) is 13.6. The van der Waals surface area contributed by atoms with E-state index in [4.69, 9.17) is 47.1 Å². The number of hydrogen-bond acceptors (Lipinski definition) is 10. The number of methoxy groups -OCH3 is 1. The molecule has 0 aliphatic heterocycles. The van der Waals surface area contributed by atoms with Crippen molar-refractivity contribution in [1.29, 1.82) is 0 Å². The molecule has 0 heterocycles.